The first-order valence-corrected chi connectivity index (χ1v) is 11.0. The van der Waals surface area contributed by atoms with Crippen LogP contribution >= 0.6 is 22.6 Å². The van der Waals surface area contributed by atoms with Gasteiger partial charge in [0.25, 0.3) is 0 Å². The normalized spacial score (nSPS) is 15.9. The molecule has 0 amide bonds. The lowest BCUT2D eigenvalue weighted by Gasteiger charge is -2.34. The Morgan fingerprint density at radius 1 is 1.12 bits per heavy atom. The van der Waals surface area contributed by atoms with Crippen molar-refractivity contribution < 1.29 is 8.42 Å². The summed E-state index contributed by atoms with van der Waals surface area (Å²) < 4.78 is 28.2. The van der Waals surface area contributed by atoms with Crippen molar-refractivity contribution in [3.8, 4) is 0 Å². The van der Waals surface area contributed by atoms with Crippen molar-refractivity contribution in [3.05, 3.63) is 39.7 Å². The summed E-state index contributed by atoms with van der Waals surface area (Å²) in [6, 6.07) is 8.88. The SMILES string of the molecule is CCNc1cc(N2CCN(S(=O)(=O)c3ccc(I)cc3)CC2)nc(C)n1. The van der Waals surface area contributed by atoms with Gasteiger partial charge in [0.2, 0.25) is 10.0 Å². The van der Waals surface area contributed by atoms with E-state index in [1.54, 1.807) is 16.4 Å². The average Bonchev–Trinajstić information content (AvgIpc) is 2.62. The fourth-order valence-electron chi connectivity index (χ4n) is 2.90. The molecule has 1 aliphatic heterocycles. The quantitative estimate of drug-likeness (QED) is 0.653. The van der Waals surface area contributed by atoms with Gasteiger partial charge in [-0.1, -0.05) is 0 Å². The number of benzene rings is 1. The standard InChI is InChI=1S/C17H22IN5O2S/c1-3-19-16-12-17(21-13(2)20-16)22-8-10-23(11-9-22)26(24,25)15-6-4-14(18)5-7-15/h4-7,12H,3,8-11H2,1-2H3,(H,19,20,21). The van der Waals surface area contributed by atoms with Gasteiger partial charge in [-0.05, 0) is 60.7 Å². The first kappa shape index (κ1) is 19.3. The van der Waals surface area contributed by atoms with Crippen molar-refractivity contribution in [1.29, 1.82) is 0 Å². The van der Waals surface area contributed by atoms with E-state index >= 15 is 0 Å². The number of hydrogen-bond donors (Lipinski definition) is 1. The molecule has 0 bridgehead atoms. The zero-order chi connectivity index (χ0) is 18.7. The summed E-state index contributed by atoms with van der Waals surface area (Å²) in [7, 11) is -3.45. The number of hydrogen-bond acceptors (Lipinski definition) is 6. The highest BCUT2D eigenvalue weighted by Gasteiger charge is 2.29. The maximum atomic E-state index is 12.8. The van der Waals surface area contributed by atoms with Gasteiger partial charge in [0.05, 0.1) is 4.90 Å². The second-order valence-electron chi connectivity index (χ2n) is 6.03. The lowest BCUT2D eigenvalue weighted by atomic mass is 10.3. The molecule has 0 aliphatic carbocycles. The Hall–Kier alpha value is -1.46. The molecule has 7 nitrogen and oxygen atoms in total. The second kappa shape index (κ2) is 8.05. The maximum absolute atomic E-state index is 12.8. The van der Waals surface area contributed by atoms with Gasteiger partial charge in [0.1, 0.15) is 17.5 Å². The van der Waals surface area contributed by atoms with Crippen LogP contribution in [-0.4, -0.2) is 55.4 Å². The Kier molecular flexibility index (Phi) is 5.98. The summed E-state index contributed by atoms with van der Waals surface area (Å²) in [5, 5.41) is 3.20. The van der Waals surface area contributed by atoms with Crippen molar-refractivity contribution in [2.75, 3.05) is 42.9 Å². The maximum Gasteiger partial charge on any atom is 0.243 e. The molecule has 3 rings (SSSR count). The summed E-state index contributed by atoms with van der Waals surface area (Å²) in [6.45, 7) is 6.75. The molecule has 140 valence electrons. The first-order valence-electron chi connectivity index (χ1n) is 8.50. The van der Waals surface area contributed by atoms with Gasteiger partial charge < -0.3 is 10.2 Å². The van der Waals surface area contributed by atoms with E-state index in [1.807, 2.05) is 32.0 Å². The molecule has 1 fully saturated rings. The number of anilines is 2. The predicted octanol–water partition coefficient (Wildman–Crippen LogP) is 2.33. The highest BCUT2D eigenvalue weighted by molar-refractivity contribution is 14.1. The molecule has 1 aromatic carbocycles. The molecular formula is C17H22IN5O2S. The van der Waals surface area contributed by atoms with Crippen LogP contribution < -0.4 is 10.2 Å². The molecule has 26 heavy (non-hydrogen) atoms. The molecule has 2 aromatic rings. The second-order valence-corrected chi connectivity index (χ2v) is 9.22. The molecular weight excluding hydrogens is 465 g/mol. The first-order chi connectivity index (χ1) is 12.4. The van der Waals surface area contributed by atoms with Crippen molar-refractivity contribution in [1.82, 2.24) is 14.3 Å². The number of aromatic nitrogens is 2. The monoisotopic (exact) mass is 487 g/mol. The number of halogens is 1. The van der Waals surface area contributed by atoms with E-state index in [0.29, 0.717) is 36.9 Å². The molecule has 0 atom stereocenters. The number of rotatable bonds is 5. The van der Waals surface area contributed by atoms with Gasteiger partial charge in [-0.3, -0.25) is 0 Å². The molecule has 0 saturated carbocycles. The number of sulfonamides is 1. The van der Waals surface area contributed by atoms with Gasteiger partial charge in [-0.2, -0.15) is 4.31 Å². The highest BCUT2D eigenvalue weighted by atomic mass is 127. The zero-order valence-corrected chi connectivity index (χ0v) is 17.8. The molecule has 1 aromatic heterocycles. The molecule has 0 radical (unpaired) electrons. The molecule has 0 unspecified atom stereocenters. The van der Waals surface area contributed by atoms with Crippen LogP contribution in [0.2, 0.25) is 0 Å². The summed E-state index contributed by atoms with van der Waals surface area (Å²) in [5.41, 5.74) is 0. The highest BCUT2D eigenvalue weighted by Crippen LogP contribution is 2.22. The van der Waals surface area contributed by atoms with Crippen LogP contribution in [-0.2, 0) is 10.0 Å². The third-order valence-corrected chi connectivity index (χ3v) is 6.83. The lowest BCUT2D eigenvalue weighted by molar-refractivity contribution is 0.383. The summed E-state index contributed by atoms with van der Waals surface area (Å²) in [5.74, 6) is 2.33. The zero-order valence-electron chi connectivity index (χ0n) is 14.8. The van der Waals surface area contributed by atoms with E-state index in [0.717, 1.165) is 21.8 Å². The van der Waals surface area contributed by atoms with Crippen molar-refractivity contribution in [2.45, 2.75) is 18.7 Å². The van der Waals surface area contributed by atoms with Crippen LogP contribution in [0.3, 0.4) is 0 Å². The summed E-state index contributed by atoms with van der Waals surface area (Å²) in [6.07, 6.45) is 0. The van der Waals surface area contributed by atoms with E-state index in [4.69, 9.17) is 0 Å². The Morgan fingerprint density at radius 2 is 1.77 bits per heavy atom. The average molecular weight is 487 g/mol. The summed E-state index contributed by atoms with van der Waals surface area (Å²) >= 11 is 2.17. The Labute approximate surface area is 168 Å². The number of aryl methyl sites for hydroxylation is 1. The number of nitrogens with zero attached hydrogens (tertiary/aromatic N) is 4. The topological polar surface area (TPSA) is 78.4 Å². The minimum atomic E-state index is -3.45. The van der Waals surface area contributed by atoms with E-state index in [9.17, 15) is 8.42 Å². The lowest BCUT2D eigenvalue weighted by Crippen LogP contribution is -2.49. The van der Waals surface area contributed by atoms with Crippen molar-refractivity contribution >= 4 is 44.2 Å². The smallest absolute Gasteiger partial charge is 0.243 e. The molecule has 1 saturated heterocycles. The van der Waals surface area contributed by atoms with Crippen molar-refractivity contribution in [2.24, 2.45) is 0 Å². The van der Waals surface area contributed by atoms with Gasteiger partial charge in [0.15, 0.2) is 0 Å². The molecule has 0 spiro atoms. The third-order valence-electron chi connectivity index (χ3n) is 4.20. The van der Waals surface area contributed by atoms with Crippen LogP contribution in [0.15, 0.2) is 35.2 Å². The number of piperazine rings is 1. The Bertz CT molecular complexity index is 865. The number of nitrogens with one attached hydrogen (secondary N) is 1. The predicted molar refractivity (Wildman–Crippen MR) is 111 cm³/mol. The van der Waals surface area contributed by atoms with E-state index in [1.165, 1.54) is 0 Å². The Balaban J connectivity index is 1.72. The fourth-order valence-corrected chi connectivity index (χ4v) is 4.68. The van der Waals surface area contributed by atoms with Crippen LogP contribution in [0.25, 0.3) is 0 Å². The van der Waals surface area contributed by atoms with Crippen LogP contribution in [0.5, 0.6) is 0 Å². The van der Waals surface area contributed by atoms with Crippen LogP contribution in [0.1, 0.15) is 12.7 Å². The fraction of sp³-hybridized carbons (Fsp3) is 0.412. The minimum Gasteiger partial charge on any atom is -0.370 e. The largest absolute Gasteiger partial charge is 0.370 e. The molecule has 9 heteroatoms. The van der Waals surface area contributed by atoms with Gasteiger partial charge in [0, 0.05) is 42.4 Å². The van der Waals surface area contributed by atoms with E-state index in [-0.39, 0.29) is 0 Å². The molecule has 2 heterocycles. The Morgan fingerprint density at radius 3 is 2.38 bits per heavy atom. The molecule has 1 aliphatic rings. The van der Waals surface area contributed by atoms with E-state index in [2.05, 4.69) is 42.8 Å². The van der Waals surface area contributed by atoms with Gasteiger partial charge >= 0.3 is 0 Å². The molecule has 1 N–H and O–H groups in total. The third kappa shape index (κ3) is 4.26. The van der Waals surface area contributed by atoms with Crippen LogP contribution in [0, 0.1) is 10.5 Å². The summed E-state index contributed by atoms with van der Waals surface area (Å²) in [4.78, 5) is 11.3. The van der Waals surface area contributed by atoms with Crippen molar-refractivity contribution in [3.63, 3.8) is 0 Å². The van der Waals surface area contributed by atoms with Crippen LogP contribution in [0.4, 0.5) is 11.6 Å². The van der Waals surface area contributed by atoms with Gasteiger partial charge in [-0.15, -0.1) is 0 Å². The van der Waals surface area contributed by atoms with E-state index < -0.39 is 10.0 Å². The minimum absolute atomic E-state index is 0.346. The van der Waals surface area contributed by atoms with Gasteiger partial charge in [-0.25, -0.2) is 18.4 Å².